The van der Waals surface area contributed by atoms with Crippen molar-refractivity contribution in [3.05, 3.63) is 23.8 Å². The van der Waals surface area contributed by atoms with Crippen molar-refractivity contribution < 1.29 is 4.74 Å². The molecule has 106 valence electrons. The monoisotopic (exact) mass is 270 g/mol. The minimum atomic E-state index is 0.622. The van der Waals surface area contributed by atoms with Crippen molar-refractivity contribution >= 4 is 5.69 Å². The molecule has 1 aliphatic heterocycles. The van der Waals surface area contributed by atoms with Gasteiger partial charge < -0.3 is 9.64 Å². The Bertz CT molecular complexity index is 514. The van der Waals surface area contributed by atoms with Crippen LogP contribution >= 0.6 is 0 Å². The van der Waals surface area contributed by atoms with Crippen molar-refractivity contribution in [1.29, 1.82) is 5.26 Å². The lowest BCUT2D eigenvalue weighted by Gasteiger charge is -2.32. The molecular weight excluding hydrogens is 248 g/mol. The van der Waals surface area contributed by atoms with Gasteiger partial charge in [-0.15, -0.1) is 0 Å². The van der Waals surface area contributed by atoms with E-state index in [2.05, 4.69) is 11.0 Å². The van der Waals surface area contributed by atoms with Crippen molar-refractivity contribution in [3.63, 3.8) is 0 Å². The van der Waals surface area contributed by atoms with Crippen LogP contribution in [-0.2, 0) is 0 Å². The average molecular weight is 270 g/mol. The summed E-state index contributed by atoms with van der Waals surface area (Å²) in [4.78, 5) is 2.47. The van der Waals surface area contributed by atoms with Gasteiger partial charge in [0.15, 0.2) is 0 Å². The van der Waals surface area contributed by atoms with Crippen LogP contribution < -0.4 is 9.64 Å². The van der Waals surface area contributed by atoms with E-state index >= 15 is 0 Å². The predicted molar refractivity (Wildman–Crippen MR) is 80.0 cm³/mol. The SMILES string of the molecule is COc1ccc(C#N)c(N2CCCC2C2CCCC2)c1. The van der Waals surface area contributed by atoms with E-state index in [9.17, 15) is 5.26 Å². The number of hydrogen-bond acceptors (Lipinski definition) is 3. The standard InChI is InChI=1S/C17H22N2O/c1-20-15-9-8-14(12-18)17(11-15)19-10-4-7-16(19)13-5-2-3-6-13/h8-9,11,13,16H,2-7,10H2,1H3. The third kappa shape index (κ3) is 2.35. The molecule has 0 N–H and O–H groups in total. The fourth-order valence-corrected chi connectivity index (χ4v) is 3.89. The van der Waals surface area contributed by atoms with E-state index in [4.69, 9.17) is 4.74 Å². The van der Waals surface area contributed by atoms with E-state index < -0.39 is 0 Å². The molecule has 2 fully saturated rings. The fourth-order valence-electron chi connectivity index (χ4n) is 3.89. The number of nitriles is 1. The highest BCUT2D eigenvalue weighted by molar-refractivity contribution is 5.63. The zero-order chi connectivity index (χ0) is 13.9. The van der Waals surface area contributed by atoms with Crippen LogP contribution in [0.5, 0.6) is 5.75 Å². The molecule has 1 saturated heterocycles. The van der Waals surface area contributed by atoms with Crippen LogP contribution in [0.15, 0.2) is 18.2 Å². The number of anilines is 1. The number of nitrogens with zero attached hydrogens (tertiary/aromatic N) is 2. The molecule has 3 nitrogen and oxygen atoms in total. The van der Waals surface area contributed by atoms with E-state index in [-0.39, 0.29) is 0 Å². The number of ether oxygens (including phenoxy) is 1. The predicted octanol–water partition coefficient (Wildman–Crippen LogP) is 3.73. The Morgan fingerprint density at radius 1 is 1.20 bits per heavy atom. The number of benzene rings is 1. The molecular formula is C17H22N2O. The normalized spacial score (nSPS) is 23.0. The van der Waals surface area contributed by atoms with Gasteiger partial charge in [0.25, 0.3) is 0 Å². The van der Waals surface area contributed by atoms with Crippen LogP contribution in [0.25, 0.3) is 0 Å². The molecule has 0 radical (unpaired) electrons. The van der Waals surface area contributed by atoms with Gasteiger partial charge in [-0.3, -0.25) is 0 Å². The maximum atomic E-state index is 9.38. The first kappa shape index (κ1) is 13.3. The smallest absolute Gasteiger partial charge is 0.121 e. The summed E-state index contributed by atoms with van der Waals surface area (Å²) in [6.07, 6.45) is 7.96. The minimum Gasteiger partial charge on any atom is -0.497 e. The molecule has 20 heavy (non-hydrogen) atoms. The van der Waals surface area contributed by atoms with Gasteiger partial charge in [-0.1, -0.05) is 12.8 Å². The molecule has 0 bridgehead atoms. The third-order valence-corrected chi connectivity index (χ3v) is 4.88. The second-order valence-corrected chi connectivity index (χ2v) is 5.94. The Morgan fingerprint density at radius 2 is 2.00 bits per heavy atom. The molecule has 1 atom stereocenters. The Labute approximate surface area is 121 Å². The molecule has 3 rings (SSSR count). The van der Waals surface area contributed by atoms with Crippen molar-refractivity contribution in [2.75, 3.05) is 18.6 Å². The summed E-state index contributed by atoms with van der Waals surface area (Å²) < 4.78 is 5.34. The summed E-state index contributed by atoms with van der Waals surface area (Å²) in [5.41, 5.74) is 1.84. The maximum Gasteiger partial charge on any atom is 0.121 e. The molecule has 1 aliphatic carbocycles. The Balaban J connectivity index is 1.92. The summed E-state index contributed by atoms with van der Waals surface area (Å²) in [6, 6.07) is 8.76. The second-order valence-electron chi connectivity index (χ2n) is 5.94. The van der Waals surface area contributed by atoms with Gasteiger partial charge in [-0.05, 0) is 43.7 Å². The van der Waals surface area contributed by atoms with Crippen molar-refractivity contribution in [2.24, 2.45) is 5.92 Å². The Kier molecular flexibility index (Phi) is 3.82. The van der Waals surface area contributed by atoms with E-state index in [0.29, 0.717) is 6.04 Å². The Hall–Kier alpha value is -1.69. The van der Waals surface area contributed by atoms with Gasteiger partial charge in [-0.25, -0.2) is 0 Å². The first-order valence-electron chi connectivity index (χ1n) is 7.68. The summed E-state index contributed by atoms with van der Waals surface area (Å²) in [6.45, 7) is 1.07. The van der Waals surface area contributed by atoms with Crippen molar-refractivity contribution in [1.82, 2.24) is 0 Å². The summed E-state index contributed by atoms with van der Waals surface area (Å²) in [7, 11) is 1.68. The zero-order valence-electron chi connectivity index (χ0n) is 12.1. The molecule has 2 aliphatic rings. The third-order valence-electron chi connectivity index (χ3n) is 4.88. The van der Waals surface area contributed by atoms with E-state index in [1.165, 1.54) is 38.5 Å². The molecule has 1 aromatic rings. The minimum absolute atomic E-state index is 0.622. The summed E-state index contributed by atoms with van der Waals surface area (Å²) >= 11 is 0. The second kappa shape index (κ2) is 5.75. The molecule has 0 spiro atoms. The zero-order valence-corrected chi connectivity index (χ0v) is 12.1. The highest BCUT2D eigenvalue weighted by Crippen LogP contribution is 2.39. The van der Waals surface area contributed by atoms with E-state index in [1.807, 2.05) is 18.2 Å². The number of methoxy groups -OCH3 is 1. The lowest BCUT2D eigenvalue weighted by Crippen LogP contribution is -2.35. The lowest BCUT2D eigenvalue weighted by molar-refractivity contribution is 0.412. The molecule has 1 unspecified atom stereocenters. The van der Waals surface area contributed by atoms with Crippen LogP contribution in [-0.4, -0.2) is 19.7 Å². The highest BCUT2D eigenvalue weighted by atomic mass is 16.5. The van der Waals surface area contributed by atoms with E-state index in [1.54, 1.807) is 7.11 Å². The van der Waals surface area contributed by atoms with Gasteiger partial charge in [0.1, 0.15) is 11.8 Å². The van der Waals surface area contributed by atoms with Crippen LogP contribution in [0, 0.1) is 17.2 Å². The molecule has 0 aromatic heterocycles. The molecule has 1 heterocycles. The quantitative estimate of drug-likeness (QED) is 0.839. The van der Waals surface area contributed by atoms with Crippen molar-refractivity contribution in [2.45, 2.75) is 44.6 Å². The van der Waals surface area contributed by atoms with E-state index in [0.717, 1.165) is 29.5 Å². The molecule has 1 aromatic carbocycles. The van der Waals surface area contributed by atoms with Gasteiger partial charge in [0, 0.05) is 18.7 Å². The number of hydrogen-bond donors (Lipinski definition) is 0. The van der Waals surface area contributed by atoms with Gasteiger partial charge in [-0.2, -0.15) is 5.26 Å². The van der Waals surface area contributed by atoms with Crippen LogP contribution in [0.1, 0.15) is 44.1 Å². The van der Waals surface area contributed by atoms with Gasteiger partial charge >= 0.3 is 0 Å². The molecule has 3 heteroatoms. The average Bonchev–Trinajstić information content (AvgIpc) is 3.16. The molecule has 1 saturated carbocycles. The maximum absolute atomic E-state index is 9.38. The summed E-state index contributed by atoms with van der Waals surface area (Å²) in [5.74, 6) is 1.66. The van der Waals surface area contributed by atoms with Gasteiger partial charge in [0.2, 0.25) is 0 Å². The lowest BCUT2D eigenvalue weighted by atomic mass is 9.95. The fraction of sp³-hybridized carbons (Fsp3) is 0.588. The Morgan fingerprint density at radius 3 is 2.70 bits per heavy atom. The summed E-state index contributed by atoms with van der Waals surface area (Å²) in [5, 5.41) is 9.38. The topological polar surface area (TPSA) is 36.3 Å². The largest absolute Gasteiger partial charge is 0.497 e. The molecule has 0 amide bonds. The van der Waals surface area contributed by atoms with Crippen LogP contribution in [0.3, 0.4) is 0 Å². The van der Waals surface area contributed by atoms with Crippen LogP contribution in [0.4, 0.5) is 5.69 Å². The first-order chi connectivity index (χ1) is 9.83. The first-order valence-corrected chi connectivity index (χ1v) is 7.68. The van der Waals surface area contributed by atoms with Crippen molar-refractivity contribution in [3.8, 4) is 11.8 Å². The number of rotatable bonds is 3. The highest BCUT2D eigenvalue weighted by Gasteiger charge is 2.34. The van der Waals surface area contributed by atoms with Crippen LogP contribution in [0.2, 0.25) is 0 Å². The van der Waals surface area contributed by atoms with Gasteiger partial charge in [0.05, 0.1) is 18.4 Å².